The monoisotopic (exact) mass is 554 g/mol. The molecule has 6 nitrogen and oxygen atoms in total. The molecule has 0 fully saturated rings. The Balaban J connectivity index is 1.02. The molecule has 0 aliphatic heterocycles. The van der Waals surface area contributed by atoms with Gasteiger partial charge in [-0.05, 0) is 132 Å². The molecule has 6 aromatic carbocycles. The molecule has 0 amide bonds. The fourth-order valence-electron chi connectivity index (χ4n) is 4.15. The molecule has 2 N–H and O–H groups in total. The van der Waals surface area contributed by atoms with Gasteiger partial charge in [-0.3, -0.25) is 0 Å². The quantitative estimate of drug-likeness (QED) is 0.185. The van der Waals surface area contributed by atoms with Gasteiger partial charge in [0.1, 0.15) is 57.5 Å². The Bertz CT molecular complexity index is 1590. The first kappa shape index (κ1) is 26.3. The highest BCUT2D eigenvalue weighted by atomic mass is 16.5. The predicted octanol–water partition coefficient (Wildman–Crippen LogP) is 9.93. The third-order valence-corrected chi connectivity index (χ3v) is 6.31. The second-order valence-corrected chi connectivity index (χ2v) is 9.39. The molecule has 0 atom stereocenters. The molecule has 6 rings (SSSR count). The molecule has 0 saturated heterocycles. The number of hydrogen-bond acceptors (Lipinski definition) is 6. The summed E-state index contributed by atoms with van der Waals surface area (Å²) in [6, 6.07) is 43.7. The summed E-state index contributed by atoms with van der Waals surface area (Å²) in [5.41, 5.74) is 2.12. The minimum Gasteiger partial charge on any atom is -0.508 e. The normalized spacial score (nSPS) is 10.6. The first-order valence-corrected chi connectivity index (χ1v) is 13.3. The number of benzene rings is 6. The van der Waals surface area contributed by atoms with E-state index in [1.54, 1.807) is 48.5 Å². The van der Waals surface area contributed by atoms with Crippen molar-refractivity contribution in [2.24, 2.45) is 0 Å². The van der Waals surface area contributed by atoms with Gasteiger partial charge in [-0.1, -0.05) is 24.3 Å². The van der Waals surface area contributed by atoms with E-state index in [4.69, 9.17) is 18.9 Å². The highest BCUT2D eigenvalue weighted by Crippen LogP contribution is 2.31. The van der Waals surface area contributed by atoms with Gasteiger partial charge in [0.2, 0.25) is 0 Å². The van der Waals surface area contributed by atoms with Gasteiger partial charge in [-0.2, -0.15) is 0 Å². The second-order valence-electron chi connectivity index (χ2n) is 9.39. The van der Waals surface area contributed by atoms with Crippen molar-refractivity contribution in [2.45, 2.75) is 0 Å². The fourth-order valence-corrected chi connectivity index (χ4v) is 4.15. The van der Waals surface area contributed by atoms with E-state index in [1.807, 2.05) is 97.1 Å². The SMILES string of the molecule is Oc1ccc(Oc2ccc(Oc3ccc(-c4ccc(Oc5ccc(Oc6ccc(O)cc6)cc5)cc4)cc3)cc2)cc1. The highest BCUT2D eigenvalue weighted by molar-refractivity contribution is 5.65. The predicted molar refractivity (Wildman–Crippen MR) is 161 cm³/mol. The summed E-state index contributed by atoms with van der Waals surface area (Å²) in [5.74, 6) is 5.87. The van der Waals surface area contributed by atoms with Crippen molar-refractivity contribution >= 4 is 0 Å². The van der Waals surface area contributed by atoms with Gasteiger partial charge in [0.05, 0.1) is 0 Å². The van der Waals surface area contributed by atoms with Crippen molar-refractivity contribution in [3.8, 4) is 68.6 Å². The molecule has 206 valence electrons. The Kier molecular flexibility index (Phi) is 7.59. The molecule has 0 saturated carbocycles. The van der Waals surface area contributed by atoms with Crippen molar-refractivity contribution < 1.29 is 29.2 Å². The zero-order valence-electron chi connectivity index (χ0n) is 22.4. The maximum Gasteiger partial charge on any atom is 0.127 e. The summed E-state index contributed by atoms with van der Waals surface area (Å²) >= 11 is 0. The van der Waals surface area contributed by atoms with Crippen molar-refractivity contribution in [3.63, 3.8) is 0 Å². The number of ether oxygens (including phenoxy) is 4. The Morgan fingerprint density at radius 2 is 0.405 bits per heavy atom. The summed E-state index contributed by atoms with van der Waals surface area (Å²) in [4.78, 5) is 0. The topological polar surface area (TPSA) is 77.4 Å². The maximum atomic E-state index is 9.40. The van der Waals surface area contributed by atoms with E-state index in [0.717, 1.165) is 22.6 Å². The molecular weight excluding hydrogens is 528 g/mol. The number of hydrogen-bond donors (Lipinski definition) is 2. The van der Waals surface area contributed by atoms with Crippen LogP contribution in [0.4, 0.5) is 0 Å². The number of aromatic hydroxyl groups is 2. The molecule has 0 radical (unpaired) electrons. The number of phenolic OH excluding ortho intramolecular Hbond substituents is 2. The van der Waals surface area contributed by atoms with E-state index < -0.39 is 0 Å². The minimum absolute atomic E-state index is 0.195. The largest absolute Gasteiger partial charge is 0.508 e. The van der Waals surface area contributed by atoms with Crippen LogP contribution in [0.5, 0.6) is 57.5 Å². The van der Waals surface area contributed by atoms with Crippen molar-refractivity contribution in [1.29, 1.82) is 0 Å². The summed E-state index contributed by atoms with van der Waals surface area (Å²) in [6.07, 6.45) is 0. The first-order valence-electron chi connectivity index (χ1n) is 13.3. The van der Waals surface area contributed by atoms with Crippen LogP contribution in [0.15, 0.2) is 146 Å². The van der Waals surface area contributed by atoms with Crippen molar-refractivity contribution in [3.05, 3.63) is 146 Å². The summed E-state index contributed by atoms with van der Waals surface area (Å²) in [6.45, 7) is 0. The van der Waals surface area contributed by atoms with Crippen LogP contribution in [0, 0.1) is 0 Å². The molecule has 0 spiro atoms. The van der Waals surface area contributed by atoms with Crippen LogP contribution in [0.25, 0.3) is 11.1 Å². The summed E-state index contributed by atoms with van der Waals surface area (Å²) in [7, 11) is 0. The molecule has 0 aliphatic rings. The fraction of sp³-hybridized carbons (Fsp3) is 0. The Labute approximate surface area is 243 Å². The van der Waals surface area contributed by atoms with Crippen LogP contribution in [0.3, 0.4) is 0 Å². The van der Waals surface area contributed by atoms with Gasteiger partial charge in [-0.15, -0.1) is 0 Å². The van der Waals surface area contributed by atoms with Gasteiger partial charge < -0.3 is 29.2 Å². The molecule has 6 heteroatoms. The Morgan fingerprint density at radius 3 is 0.619 bits per heavy atom. The zero-order chi connectivity index (χ0) is 28.7. The second kappa shape index (κ2) is 12.1. The van der Waals surface area contributed by atoms with E-state index in [9.17, 15) is 10.2 Å². The van der Waals surface area contributed by atoms with Crippen LogP contribution in [0.1, 0.15) is 0 Å². The lowest BCUT2D eigenvalue weighted by molar-refractivity contribution is 0.461. The maximum absolute atomic E-state index is 9.40. The number of phenols is 2. The van der Waals surface area contributed by atoms with Gasteiger partial charge in [0.25, 0.3) is 0 Å². The van der Waals surface area contributed by atoms with Crippen LogP contribution in [-0.4, -0.2) is 10.2 Å². The smallest absolute Gasteiger partial charge is 0.127 e. The van der Waals surface area contributed by atoms with Crippen molar-refractivity contribution in [1.82, 2.24) is 0 Å². The van der Waals surface area contributed by atoms with Crippen LogP contribution < -0.4 is 18.9 Å². The van der Waals surface area contributed by atoms with Crippen LogP contribution >= 0.6 is 0 Å². The summed E-state index contributed by atoms with van der Waals surface area (Å²) in [5, 5.41) is 18.8. The lowest BCUT2D eigenvalue weighted by atomic mass is 10.1. The molecular formula is C36H26O6. The number of rotatable bonds is 9. The average molecular weight is 555 g/mol. The molecule has 0 aromatic heterocycles. The lowest BCUT2D eigenvalue weighted by Crippen LogP contribution is -1.87. The molecule has 6 aromatic rings. The standard InChI is InChI=1S/C36H26O6/c37-27-5-13-31(14-6-27)41-35-21-17-33(18-22-35)39-29-9-1-25(2-10-29)26-3-11-30(12-4-26)40-34-19-23-36(24-20-34)42-32-15-7-28(38)8-16-32/h1-24,37-38H. The van der Waals surface area contributed by atoms with Gasteiger partial charge in [-0.25, -0.2) is 0 Å². The minimum atomic E-state index is 0.195. The van der Waals surface area contributed by atoms with Crippen LogP contribution in [-0.2, 0) is 0 Å². The van der Waals surface area contributed by atoms with E-state index in [0.29, 0.717) is 34.5 Å². The van der Waals surface area contributed by atoms with Crippen LogP contribution in [0.2, 0.25) is 0 Å². The third kappa shape index (κ3) is 6.81. The van der Waals surface area contributed by atoms with E-state index in [1.165, 1.54) is 0 Å². The van der Waals surface area contributed by atoms with E-state index in [2.05, 4.69) is 0 Å². The van der Waals surface area contributed by atoms with E-state index in [-0.39, 0.29) is 11.5 Å². The molecule has 42 heavy (non-hydrogen) atoms. The molecule has 0 heterocycles. The highest BCUT2D eigenvalue weighted by Gasteiger charge is 2.05. The molecule has 0 unspecified atom stereocenters. The lowest BCUT2D eigenvalue weighted by Gasteiger charge is -2.10. The molecule has 0 bridgehead atoms. The third-order valence-electron chi connectivity index (χ3n) is 6.31. The van der Waals surface area contributed by atoms with Crippen molar-refractivity contribution in [2.75, 3.05) is 0 Å². The average Bonchev–Trinajstić information content (AvgIpc) is 3.02. The van der Waals surface area contributed by atoms with Gasteiger partial charge in [0, 0.05) is 0 Å². The zero-order valence-corrected chi connectivity index (χ0v) is 22.4. The first-order chi connectivity index (χ1) is 20.6. The Morgan fingerprint density at radius 1 is 0.238 bits per heavy atom. The summed E-state index contributed by atoms with van der Waals surface area (Å²) < 4.78 is 23.6. The van der Waals surface area contributed by atoms with Gasteiger partial charge in [0.15, 0.2) is 0 Å². The Hall–Kier alpha value is -5.88. The van der Waals surface area contributed by atoms with E-state index >= 15 is 0 Å². The van der Waals surface area contributed by atoms with Gasteiger partial charge >= 0.3 is 0 Å². The molecule has 0 aliphatic carbocycles.